The molecule has 6 rings (SSSR count). The van der Waals surface area contributed by atoms with E-state index < -0.39 is 17.4 Å². The van der Waals surface area contributed by atoms with E-state index in [1.54, 1.807) is 0 Å². The topological polar surface area (TPSA) is 73.8 Å². The van der Waals surface area contributed by atoms with Gasteiger partial charge >= 0.3 is 6.01 Å². The van der Waals surface area contributed by atoms with Crippen molar-refractivity contribution in [3.8, 4) is 22.9 Å². The average Bonchev–Trinajstić information content (AvgIpc) is 3.48. The van der Waals surface area contributed by atoms with E-state index in [-0.39, 0.29) is 27.7 Å². The van der Waals surface area contributed by atoms with Crippen LogP contribution in [0.3, 0.4) is 0 Å². The second kappa shape index (κ2) is 10.3. The lowest BCUT2D eigenvalue weighted by molar-refractivity contribution is 0.380. The quantitative estimate of drug-likeness (QED) is 0.526. The number of aromatic nitrogens is 2. The maximum atomic E-state index is 15.7. The SMILES string of the molecule is CN1CCCC1.COc1nc(N2CC3CCC(C2)N3)c2cc(Cl)c(-c3c(O)cccc3F)c(F)c2n1. The minimum Gasteiger partial charge on any atom is -0.507 e. The van der Waals surface area contributed by atoms with Crippen molar-refractivity contribution in [3.63, 3.8) is 0 Å². The van der Waals surface area contributed by atoms with Gasteiger partial charge in [0.05, 0.1) is 17.7 Å². The zero-order chi connectivity index (χ0) is 25.4. The number of aromatic hydroxyl groups is 1. The standard InChI is InChI=1S/C21H19ClF2N4O2.C5H11N/c1-30-21-26-19-12(20(27-21)28-8-10-5-6-11(9-28)25-10)7-13(22)16(18(19)24)17-14(23)3-2-4-15(17)29;1-6-4-2-3-5-6/h2-4,7,10-11,25,29H,5-6,8-9H2,1H3;2-5H2,1H3. The Bertz CT molecular complexity index is 1240. The average molecular weight is 518 g/mol. The van der Waals surface area contributed by atoms with Crippen molar-refractivity contribution in [3.05, 3.63) is 40.9 Å². The third-order valence-corrected chi connectivity index (χ3v) is 7.41. The predicted octanol–water partition coefficient (Wildman–Crippen LogP) is 4.60. The fraction of sp³-hybridized carbons (Fsp3) is 0.462. The van der Waals surface area contributed by atoms with Crippen LogP contribution in [0.1, 0.15) is 25.7 Å². The molecule has 4 heterocycles. The minimum atomic E-state index is -0.835. The lowest BCUT2D eigenvalue weighted by atomic mass is 10.0. The van der Waals surface area contributed by atoms with Crippen molar-refractivity contribution >= 4 is 28.3 Å². The van der Waals surface area contributed by atoms with Gasteiger partial charge in [0.2, 0.25) is 0 Å². The molecule has 1 aromatic heterocycles. The first-order valence-corrected chi connectivity index (χ1v) is 12.6. The van der Waals surface area contributed by atoms with Crippen LogP contribution in [0.2, 0.25) is 5.02 Å². The molecular formula is C26H30ClF2N5O2. The number of phenolic OH excluding ortho intramolecular Hbond substituents is 1. The molecule has 3 aliphatic rings. The van der Waals surface area contributed by atoms with Crippen molar-refractivity contribution < 1.29 is 18.6 Å². The van der Waals surface area contributed by atoms with Gasteiger partial charge < -0.3 is 25.0 Å². The van der Waals surface area contributed by atoms with Crippen LogP contribution in [-0.2, 0) is 0 Å². The Hall–Kier alpha value is -2.75. The van der Waals surface area contributed by atoms with Crippen LogP contribution in [0.25, 0.3) is 22.0 Å². The maximum Gasteiger partial charge on any atom is 0.318 e. The van der Waals surface area contributed by atoms with Crippen molar-refractivity contribution in [1.29, 1.82) is 0 Å². The molecule has 3 fully saturated rings. The van der Waals surface area contributed by atoms with Gasteiger partial charge in [0.1, 0.15) is 22.9 Å². The zero-order valence-electron chi connectivity index (χ0n) is 20.4. The first kappa shape index (κ1) is 24.9. The number of hydrogen-bond acceptors (Lipinski definition) is 7. The van der Waals surface area contributed by atoms with Crippen molar-refractivity contribution in [2.75, 3.05) is 45.2 Å². The van der Waals surface area contributed by atoms with Gasteiger partial charge in [-0.05, 0) is 64.0 Å². The fourth-order valence-electron chi connectivity index (χ4n) is 5.33. The number of methoxy groups -OCH3 is 1. The molecule has 7 nitrogen and oxygen atoms in total. The Morgan fingerprint density at radius 3 is 2.36 bits per heavy atom. The molecule has 0 saturated carbocycles. The van der Waals surface area contributed by atoms with E-state index in [1.165, 1.54) is 51.2 Å². The summed E-state index contributed by atoms with van der Waals surface area (Å²) in [5.74, 6) is -1.50. The smallest absolute Gasteiger partial charge is 0.318 e. The predicted molar refractivity (Wildman–Crippen MR) is 137 cm³/mol. The number of likely N-dealkylation sites (tertiary alicyclic amines) is 1. The largest absolute Gasteiger partial charge is 0.507 e. The van der Waals surface area contributed by atoms with E-state index >= 15 is 4.39 Å². The highest BCUT2D eigenvalue weighted by Gasteiger charge is 2.34. The molecule has 3 aromatic rings. The summed E-state index contributed by atoms with van der Waals surface area (Å²) in [5.41, 5.74) is -0.585. The summed E-state index contributed by atoms with van der Waals surface area (Å²) in [7, 11) is 3.58. The summed E-state index contributed by atoms with van der Waals surface area (Å²) < 4.78 is 35.3. The number of fused-ring (bicyclic) bond motifs is 3. The minimum absolute atomic E-state index is 0.00769. The van der Waals surface area contributed by atoms with Gasteiger partial charge in [-0.3, -0.25) is 0 Å². The van der Waals surface area contributed by atoms with Gasteiger partial charge in [0.25, 0.3) is 0 Å². The molecule has 2 atom stereocenters. The van der Waals surface area contributed by atoms with Crippen molar-refractivity contribution in [2.24, 2.45) is 0 Å². The second-order valence-electron chi connectivity index (χ2n) is 9.66. The number of phenols is 1. The molecule has 0 aliphatic carbocycles. The lowest BCUT2D eigenvalue weighted by Gasteiger charge is -2.34. The fourth-order valence-corrected chi connectivity index (χ4v) is 5.61. The third-order valence-electron chi connectivity index (χ3n) is 7.11. The monoisotopic (exact) mass is 517 g/mol. The van der Waals surface area contributed by atoms with Gasteiger partial charge in [-0.2, -0.15) is 9.97 Å². The van der Waals surface area contributed by atoms with Crippen LogP contribution in [0.4, 0.5) is 14.6 Å². The Morgan fingerprint density at radius 1 is 1.08 bits per heavy atom. The number of hydrogen-bond donors (Lipinski definition) is 2. The number of benzene rings is 2. The number of piperazine rings is 1. The molecule has 0 spiro atoms. The van der Waals surface area contributed by atoms with Crippen molar-refractivity contribution in [2.45, 2.75) is 37.8 Å². The Balaban J connectivity index is 0.000000391. The molecule has 10 heteroatoms. The first-order valence-electron chi connectivity index (χ1n) is 12.3. The maximum absolute atomic E-state index is 15.7. The number of nitrogens with one attached hydrogen (secondary N) is 1. The highest BCUT2D eigenvalue weighted by Crippen LogP contribution is 2.43. The molecule has 3 saturated heterocycles. The normalized spacial score (nSPS) is 21.5. The summed E-state index contributed by atoms with van der Waals surface area (Å²) in [6, 6.07) is 5.97. The molecule has 2 bridgehead atoms. The summed E-state index contributed by atoms with van der Waals surface area (Å²) in [6.07, 6.45) is 4.98. The highest BCUT2D eigenvalue weighted by atomic mass is 35.5. The molecule has 2 aromatic carbocycles. The number of rotatable bonds is 3. The molecule has 2 unspecified atom stereocenters. The summed E-state index contributed by atoms with van der Waals surface area (Å²) >= 11 is 6.41. The summed E-state index contributed by atoms with van der Waals surface area (Å²) in [4.78, 5) is 13.1. The lowest BCUT2D eigenvalue weighted by Crippen LogP contribution is -2.51. The van der Waals surface area contributed by atoms with Crippen LogP contribution in [0, 0.1) is 11.6 Å². The molecule has 36 heavy (non-hydrogen) atoms. The second-order valence-corrected chi connectivity index (χ2v) is 10.1. The Kier molecular flexibility index (Phi) is 7.14. The van der Waals surface area contributed by atoms with Gasteiger partial charge in [-0.15, -0.1) is 0 Å². The number of anilines is 1. The first-order chi connectivity index (χ1) is 17.4. The summed E-state index contributed by atoms with van der Waals surface area (Å²) in [5, 5.41) is 14.1. The highest BCUT2D eigenvalue weighted by molar-refractivity contribution is 6.34. The van der Waals surface area contributed by atoms with Crippen LogP contribution in [0.5, 0.6) is 11.8 Å². The number of halogens is 3. The van der Waals surface area contributed by atoms with Gasteiger partial charge in [0.15, 0.2) is 5.82 Å². The van der Waals surface area contributed by atoms with Gasteiger partial charge in [0, 0.05) is 36.1 Å². The third kappa shape index (κ3) is 4.79. The molecule has 0 radical (unpaired) electrons. The molecular weight excluding hydrogens is 488 g/mol. The van der Waals surface area contributed by atoms with Gasteiger partial charge in [-0.25, -0.2) is 8.78 Å². The Morgan fingerprint density at radius 2 is 1.78 bits per heavy atom. The van der Waals surface area contributed by atoms with E-state index in [0.29, 0.717) is 23.3 Å². The zero-order valence-corrected chi connectivity index (χ0v) is 21.2. The number of nitrogens with zero attached hydrogens (tertiary/aromatic N) is 4. The molecule has 2 N–H and O–H groups in total. The molecule has 0 amide bonds. The van der Waals surface area contributed by atoms with Crippen LogP contribution in [0.15, 0.2) is 24.3 Å². The molecule has 3 aliphatic heterocycles. The van der Waals surface area contributed by atoms with Crippen molar-refractivity contribution in [1.82, 2.24) is 20.2 Å². The summed E-state index contributed by atoms with van der Waals surface area (Å²) in [6.45, 7) is 4.09. The molecule has 192 valence electrons. The van der Waals surface area contributed by atoms with E-state index in [9.17, 15) is 9.50 Å². The number of ether oxygens (including phenoxy) is 1. The van der Waals surface area contributed by atoms with E-state index in [1.807, 2.05) is 0 Å². The van der Waals surface area contributed by atoms with Crippen LogP contribution >= 0.6 is 11.6 Å². The van der Waals surface area contributed by atoms with E-state index in [4.69, 9.17) is 16.3 Å². The van der Waals surface area contributed by atoms with E-state index in [2.05, 4.69) is 32.1 Å². The van der Waals surface area contributed by atoms with Gasteiger partial charge in [-0.1, -0.05) is 17.7 Å². The van der Waals surface area contributed by atoms with Crippen LogP contribution in [-0.4, -0.2) is 72.4 Å². The van der Waals surface area contributed by atoms with E-state index in [0.717, 1.165) is 32.0 Å². The van der Waals surface area contributed by atoms with Crippen LogP contribution < -0.4 is 15.0 Å². The Labute approximate surface area is 214 Å².